The minimum atomic E-state index is -0.823. The lowest BCUT2D eigenvalue weighted by Gasteiger charge is -2.49. The first-order valence-corrected chi connectivity index (χ1v) is 9.05. The molecule has 2 aliphatic rings. The van der Waals surface area contributed by atoms with E-state index in [1.807, 2.05) is 19.9 Å². The summed E-state index contributed by atoms with van der Waals surface area (Å²) in [5, 5.41) is 21.4. The largest absolute Gasteiger partial charge is 0.387 e. The molecule has 0 aromatic rings. The molecule has 2 heterocycles. The molecule has 23 heavy (non-hydrogen) atoms. The van der Waals surface area contributed by atoms with E-state index in [9.17, 15) is 10.2 Å². The molecule has 2 aliphatic heterocycles. The summed E-state index contributed by atoms with van der Waals surface area (Å²) >= 11 is 0. The monoisotopic (exact) mass is 322 g/mol. The van der Waals surface area contributed by atoms with Crippen molar-refractivity contribution in [2.45, 2.75) is 96.1 Å². The summed E-state index contributed by atoms with van der Waals surface area (Å²) in [6, 6.07) is 0. The Morgan fingerprint density at radius 2 is 1.83 bits per heavy atom. The maximum absolute atomic E-state index is 10.8. The third-order valence-electron chi connectivity index (χ3n) is 5.72. The first kappa shape index (κ1) is 18.7. The molecule has 0 radical (unpaired) electrons. The third kappa shape index (κ3) is 4.46. The number of hydrogen-bond acceptors (Lipinski definition) is 3. The van der Waals surface area contributed by atoms with E-state index >= 15 is 0 Å². The molecule has 3 nitrogen and oxygen atoms in total. The predicted octanol–water partition coefficient (Wildman–Crippen LogP) is 4.14. The van der Waals surface area contributed by atoms with E-state index in [0.717, 1.165) is 38.5 Å². The van der Waals surface area contributed by atoms with Crippen LogP contribution in [0, 0.1) is 5.92 Å². The van der Waals surface area contributed by atoms with Crippen molar-refractivity contribution in [2.75, 3.05) is 0 Å². The van der Waals surface area contributed by atoms with Crippen LogP contribution in [0.25, 0.3) is 0 Å². The first-order valence-electron chi connectivity index (χ1n) is 9.05. The third-order valence-corrected chi connectivity index (χ3v) is 5.72. The molecule has 1 saturated heterocycles. The minimum Gasteiger partial charge on any atom is -0.387 e. The van der Waals surface area contributed by atoms with Gasteiger partial charge < -0.3 is 14.9 Å². The number of aliphatic hydroxyl groups is 2. The van der Waals surface area contributed by atoms with E-state index < -0.39 is 16.8 Å². The first-order chi connectivity index (χ1) is 10.6. The molecule has 0 spiro atoms. The average Bonchev–Trinajstić information content (AvgIpc) is 2.43. The van der Waals surface area contributed by atoms with Gasteiger partial charge in [0.25, 0.3) is 0 Å². The lowest BCUT2D eigenvalue weighted by Crippen LogP contribution is -2.55. The maximum atomic E-state index is 10.8. The minimum absolute atomic E-state index is 0.170. The molecular weight excluding hydrogens is 288 g/mol. The smallest absolute Gasteiger partial charge is 0.0892 e. The highest BCUT2D eigenvalue weighted by atomic mass is 16.5. The quantitative estimate of drug-likeness (QED) is 0.713. The number of fused-ring (bicyclic) bond motifs is 2. The zero-order valence-corrected chi connectivity index (χ0v) is 15.4. The number of hydrogen-bond donors (Lipinski definition) is 2. The Bertz CT molecular complexity index is 473. The highest BCUT2D eigenvalue weighted by Gasteiger charge is 2.47. The van der Waals surface area contributed by atoms with Crippen LogP contribution in [0.2, 0.25) is 0 Å². The summed E-state index contributed by atoms with van der Waals surface area (Å²) in [4.78, 5) is 0. The van der Waals surface area contributed by atoms with Crippen molar-refractivity contribution in [1.82, 2.24) is 0 Å². The van der Waals surface area contributed by atoms with Crippen LogP contribution >= 0.6 is 0 Å². The molecular formula is C20H34O3. The van der Waals surface area contributed by atoms with E-state index in [2.05, 4.69) is 32.9 Å². The van der Waals surface area contributed by atoms with Gasteiger partial charge in [-0.15, -0.1) is 0 Å². The summed E-state index contributed by atoms with van der Waals surface area (Å²) in [6.45, 7) is 10.2. The molecule has 1 fully saturated rings. The molecule has 132 valence electrons. The van der Waals surface area contributed by atoms with Crippen LogP contribution in [-0.4, -0.2) is 33.1 Å². The topological polar surface area (TPSA) is 49.7 Å². The summed E-state index contributed by atoms with van der Waals surface area (Å²) < 4.78 is 6.49. The fourth-order valence-electron chi connectivity index (χ4n) is 3.65. The fourth-order valence-corrected chi connectivity index (χ4v) is 3.65. The second-order valence-electron chi connectivity index (χ2n) is 8.39. The zero-order valence-electron chi connectivity index (χ0n) is 15.4. The second kappa shape index (κ2) is 6.70. The van der Waals surface area contributed by atoms with Crippen molar-refractivity contribution < 1.29 is 14.9 Å². The Morgan fingerprint density at radius 3 is 2.48 bits per heavy atom. The molecule has 0 aromatic heterocycles. The standard InChI is InChI=1S/C20H34O3/c1-15(2)20-13-11-18(4,21)10-6-7-16(3)8-9-17(23-20)19(5,22)12-14-20/h7,11,13,15,17,21-22H,6,8-10,12,14H2,1-5H3/b13-11+,16-7+/t17-,18+,19-,20+/m0/s1. The van der Waals surface area contributed by atoms with Gasteiger partial charge in [0.15, 0.2) is 0 Å². The fraction of sp³-hybridized carbons (Fsp3) is 0.800. The van der Waals surface area contributed by atoms with Crippen LogP contribution in [0.5, 0.6) is 0 Å². The normalized spacial score (nSPS) is 46.4. The van der Waals surface area contributed by atoms with Crippen LogP contribution in [0.4, 0.5) is 0 Å². The highest BCUT2D eigenvalue weighted by molar-refractivity contribution is 5.14. The van der Waals surface area contributed by atoms with Gasteiger partial charge in [-0.25, -0.2) is 0 Å². The van der Waals surface area contributed by atoms with Crippen molar-refractivity contribution in [3.8, 4) is 0 Å². The Labute approximate surface area is 141 Å². The van der Waals surface area contributed by atoms with Gasteiger partial charge in [0.05, 0.1) is 22.9 Å². The van der Waals surface area contributed by atoms with Gasteiger partial charge in [0, 0.05) is 0 Å². The van der Waals surface area contributed by atoms with Gasteiger partial charge in [-0.3, -0.25) is 0 Å². The van der Waals surface area contributed by atoms with Gasteiger partial charge in [0.1, 0.15) is 0 Å². The maximum Gasteiger partial charge on any atom is 0.0892 e. The SMILES string of the molecule is C/C1=C\CC[C@@](C)(O)/C=C/[C@]2(C(C)C)CC[C@](C)(O)[C@H](CC1)O2. The summed E-state index contributed by atoms with van der Waals surface area (Å²) in [7, 11) is 0. The molecule has 0 saturated carbocycles. The Hall–Kier alpha value is -0.640. The van der Waals surface area contributed by atoms with Crippen molar-refractivity contribution in [3.63, 3.8) is 0 Å². The van der Waals surface area contributed by atoms with Gasteiger partial charge >= 0.3 is 0 Å². The lowest BCUT2D eigenvalue weighted by molar-refractivity contribution is -0.210. The average molecular weight is 322 g/mol. The molecule has 2 bridgehead atoms. The van der Waals surface area contributed by atoms with Crippen LogP contribution in [-0.2, 0) is 4.74 Å². The van der Waals surface area contributed by atoms with Crippen LogP contribution in [0.1, 0.15) is 73.1 Å². The van der Waals surface area contributed by atoms with E-state index in [1.54, 1.807) is 0 Å². The molecule has 2 N–H and O–H groups in total. The van der Waals surface area contributed by atoms with E-state index in [4.69, 9.17) is 4.74 Å². The Kier molecular flexibility index (Phi) is 5.44. The summed E-state index contributed by atoms with van der Waals surface area (Å²) in [5.74, 6) is 0.299. The van der Waals surface area contributed by atoms with Crippen molar-refractivity contribution >= 4 is 0 Å². The lowest BCUT2D eigenvalue weighted by atomic mass is 9.75. The highest BCUT2D eigenvalue weighted by Crippen LogP contribution is 2.42. The van der Waals surface area contributed by atoms with Gasteiger partial charge in [0.2, 0.25) is 0 Å². The molecule has 2 rings (SSSR count). The molecule has 0 aromatic carbocycles. The summed E-state index contributed by atoms with van der Waals surface area (Å²) in [6.07, 6.45) is 10.9. The van der Waals surface area contributed by atoms with Gasteiger partial charge in [-0.1, -0.05) is 37.6 Å². The number of allylic oxidation sites excluding steroid dienone is 2. The Balaban J connectivity index is 2.37. The van der Waals surface area contributed by atoms with E-state index in [1.165, 1.54) is 5.57 Å². The van der Waals surface area contributed by atoms with Gasteiger partial charge in [-0.05, 0) is 65.2 Å². The van der Waals surface area contributed by atoms with Crippen molar-refractivity contribution in [1.29, 1.82) is 0 Å². The van der Waals surface area contributed by atoms with Crippen LogP contribution < -0.4 is 0 Å². The van der Waals surface area contributed by atoms with Crippen molar-refractivity contribution in [3.05, 3.63) is 23.8 Å². The van der Waals surface area contributed by atoms with Crippen LogP contribution in [0.15, 0.2) is 23.8 Å². The van der Waals surface area contributed by atoms with E-state index in [-0.39, 0.29) is 6.10 Å². The number of ether oxygens (including phenoxy) is 1. The summed E-state index contributed by atoms with van der Waals surface area (Å²) in [5.41, 5.74) is -0.686. The zero-order chi connectivity index (χ0) is 17.3. The van der Waals surface area contributed by atoms with Crippen LogP contribution in [0.3, 0.4) is 0 Å². The van der Waals surface area contributed by atoms with E-state index in [0.29, 0.717) is 5.92 Å². The van der Waals surface area contributed by atoms with Crippen molar-refractivity contribution in [2.24, 2.45) is 5.92 Å². The number of rotatable bonds is 1. The molecule has 0 unspecified atom stereocenters. The molecule has 0 aliphatic carbocycles. The second-order valence-corrected chi connectivity index (χ2v) is 8.39. The Morgan fingerprint density at radius 1 is 1.13 bits per heavy atom. The predicted molar refractivity (Wildman–Crippen MR) is 94.3 cm³/mol. The molecule has 0 amide bonds. The molecule has 3 heteroatoms. The van der Waals surface area contributed by atoms with Gasteiger partial charge in [-0.2, -0.15) is 0 Å². The molecule has 4 atom stereocenters.